The van der Waals surface area contributed by atoms with Gasteiger partial charge in [-0.25, -0.2) is 14.5 Å². The molecule has 0 aliphatic heterocycles. The highest BCUT2D eigenvalue weighted by atomic mass is 16.6. The molecule has 0 aliphatic rings. The summed E-state index contributed by atoms with van der Waals surface area (Å²) in [4.78, 5) is 20.3. The Labute approximate surface area is 178 Å². The van der Waals surface area contributed by atoms with Gasteiger partial charge in [-0.15, -0.1) is 0 Å². The maximum Gasteiger partial charge on any atom is 0.408 e. The van der Waals surface area contributed by atoms with E-state index in [0.29, 0.717) is 25.6 Å². The fraction of sp³-hybridized carbons (Fsp3) is 0.524. The van der Waals surface area contributed by atoms with Crippen LogP contribution in [0, 0.1) is 0 Å². The van der Waals surface area contributed by atoms with Crippen molar-refractivity contribution in [2.75, 3.05) is 13.6 Å². The molecule has 9 nitrogen and oxygen atoms in total. The van der Waals surface area contributed by atoms with Crippen molar-refractivity contribution in [3.05, 3.63) is 48.0 Å². The van der Waals surface area contributed by atoms with Crippen LogP contribution in [0.3, 0.4) is 0 Å². The molecular weight excluding hydrogens is 382 g/mol. The standard InChI is InChI=1S/C21H33N7O2/c1-20(2,3)30-19(29)27-21(4,5)13-25-18(22-6)24-11-16-8-7-9-17(10-16)12-28-15-23-14-26-28/h7-10,14-15H,11-13H2,1-6H3,(H,27,29)(H2,22,24,25). The van der Waals surface area contributed by atoms with E-state index in [1.807, 2.05) is 40.7 Å². The van der Waals surface area contributed by atoms with E-state index in [0.717, 1.165) is 11.1 Å². The van der Waals surface area contributed by atoms with Crippen LogP contribution < -0.4 is 16.0 Å². The summed E-state index contributed by atoms with van der Waals surface area (Å²) in [6.45, 7) is 11.1. The number of alkyl carbamates (subject to hydrolysis) is 1. The summed E-state index contributed by atoms with van der Waals surface area (Å²) in [6.07, 6.45) is 2.78. The van der Waals surface area contributed by atoms with Crippen LogP contribution in [0.2, 0.25) is 0 Å². The second-order valence-electron chi connectivity index (χ2n) is 8.70. The fourth-order valence-electron chi connectivity index (χ4n) is 2.67. The van der Waals surface area contributed by atoms with Crippen LogP contribution in [0.15, 0.2) is 41.9 Å². The molecule has 2 aromatic rings. The number of nitrogens with zero attached hydrogens (tertiary/aromatic N) is 4. The minimum Gasteiger partial charge on any atom is -0.444 e. The van der Waals surface area contributed by atoms with Gasteiger partial charge in [0.25, 0.3) is 0 Å². The molecular formula is C21H33N7O2. The van der Waals surface area contributed by atoms with Crippen molar-refractivity contribution in [3.8, 4) is 0 Å². The molecule has 3 N–H and O–H groups in total. The third kappa shape index (κ3) is 8.50. The van der Waals surface area contributed by atoms with E-state index in [-0.39, 0.29) is 0 Å². The van der Waals surface area contributed by atoms with Crippen molar-refractivity contribution in [2.24, 2.45) is 4.99 Å². The predicted octanol–water partition coefficient (Wildman–Crippen LogP) is 2.29. The number of nitrogens with one attached hydrogen (secondary N) is 3. The van der Waals surface area contributed by atoms with Crippen LogP contribution in [-0.4, -0.2) is 51.5 Å². The number of hydrogen-bond acceptors (Lipinski definition) is 5. The van der Waals surface area contributed by atoms with Crippen LogP contribution in [0.5, 0.6) is 0 Å². The number of amides is 1. The Morgan fingerprint density at radius 1 is 1.17 bits per heavy atom. The Balaban J connectivity index is 1.84. The number of aromatic nitrogens is 3. The third-order valence-corrected chi connectivity index (χ3v) is 4.02. The molecule has 0 spiro atoms. The molecule has 0 unspecified atom stereocenters. The van der Waals surface area contributed by atoms with Gasteiger partial charge >= 0.3 is 6.09 Å². The van der Waals surface area contributed by atoms with E-state index in [2.05, 4.69) is 49.2 Å². The average Bonchev–Trinajstić information content (AvgIpc) is 3.13. The van der Waals surface area contributed by atoms with Crippen LogP contribution in [-0.2, 0) is 17.8 Å². The molecule has 0 saturated heterocycles. The summed E-state index contributed by atoms with van der Waals surface area (Å²) >= 11 is 0. The highest BCUT2D eigenvalue weighted by Crippen LogP contribution is 2.09. The van der Waals surface area contributed by atoms with Crippen molar-refractivity contribution >= 4 is 12.1 Å². The largest absolute Gasteiger partial charge is 0.444 e. The lowest BCUT2D eigenvalue weighted by Crippen LogP contribution is -2.54. The van der Waals surface area contributed by atoms with Gasteiger partial charge in [-0.2, -0.15) is 5.10 Å². The maximum absolute atomic E-state index is 12.0. The monoisotopic (exact) mass is 415 g/mol. The van der Waals surface area contributed by atoms with E-state index in [1.54, 1.807) is 18.1 Å². The number of carbonyl (C=O) groups is 1. The van der Waals surface area contributed by atoms with E-state index < -0.39 is 17.2 Å². The zero-order valence-electron chi connectivity index (χ0n) is 18.7. The summed E-state index contributed by atoms with van der Waals surface area (Å²) in [5, 5.41) is 13.6. The molecule has 9 heteroatoms. The lowest BCUT2D eigenvalue weighted by Gasteiger charge is -2.29. The summed E-state index contributed by atoms with van der Waals surface area (Å²) < 4.78 is 7.11. The van der Waals surface area contributed by atoms with Gasteiger partial charge in [-0.05, 0) is 45.7 Å². The first-order valence-corrected chi connectivity index (χ1v) is 9.92. The number of aliphatic imine (C=N–C) groups is 1. The summed E-state index contributed by atoms with van der Waals surface area (Å²) in [7, 11) is 1.71. The number of rotatable bonds is 7. The van der Waals surface area contributed by atoms with Gasteiger partial charge in [0, 0.05) is 20.1 Å². The van der Waals surface area contributed by atoms with E-state index in [9.17, 15) is 4.79 Å². The molecule has 1 heterocycles. The molecule has 1 aromatic carbocycles. The van der Waals surface area contributed by atoms with Crippen molar-refractivity contribution in [3.63, 3.8) is 0 Å². The van der Waals surface area contributed by atoms with Gasteiger partial charge < -0.3 is 20.7 Å². The highest BCUT2D eigenvalue weighted by molar-refractivity contribution is 5.79. The van der Waals surface area contributed by atoms with Crippen LogP contribution in [0.1, 0.15) is 45.7 Å². The third-order valence-electron chi connectivity index (χ3n) is 4.02. The van der Waals surface area contributed by atoms with Gasteiger partial charge in [0.2, 0.25) is 0 Å². The molecule has 2 rings (SSSR count). The summed E-state index contributed by atoms with van der Waals surface area (Å²) in [6, 6.07) is 8.26. The van der Waals surface area contributed by atoms with Crippen molar-refractivity contribution in [2.45, 2.75) is 58.8 Å². The molecule has 0 aliphatic carbocycles. The molecule has 0 fully saturated rings. The average molecular weight is 416 g/mol. The Kier molecular flexibility index (Phi) is 7.79. The first-order valence-electron chi connectivity index (χ1n) is 9.92. The van der Waals surface area contributed by atoms with Gasteiger partial charge in [0.1, 0.15) is 18.3 Å². The molecule has 1 aromatic heterocycles. The van der Waals surface area contributed by atoms with E-state index in [1.165, 1.54) is 6.33 Å². The zero-order valence-corrected chi connectivity index (χ0v) is 18.7. The number of carbonyl (C=O) groups excluding carboxylic acids is 1. The Bertz CT molecular complexity index is 839. The second-order valence-corrected chi connectivity index (χ2v) is 8.70. The van der Waals surface area contributed by atoms with Crippen molar-refractivity contribution in [1.29, 1.82) is 0 Å². The molecule has 164 valence electrons. The maximum atomic E-state index is 12.0. The van der Waals surface area contributed by atoms with Crippen LogP contribution >= 0.6 is 0 Å². The lowest BCUT2D eigenvalue weighted by molar-refractivity contribution is 0.0474. The normalized spacial score (nSPS) is 12.4. The van der Waals surface area contributed by atoms with Crippen LogP contribution in [0.25, 0.3) is 0 Å². The molecule has 30 heavy (non-hydrogen) atoms. The molecule has 1 amide bonds. The minimum absolute atomic E-state index is 0.443. The SMILES string of the molecule is CN=C(NCc1cccc(Cn2cncn2)c1)NCC(C)(C)NC(=O)OC(C)(C)C. The topological polar surface area (TPSA) is 105 Å². The van der Waals surface area contributed by atoms with E-state index in [4.69, 9.17) is 4.74 Å². The van der Waals surface area contributed by atoms with Crippen LogP contribution in [0.4, 0.5) is 4.79 Å². The predicted molar refractivity (Wildman–Crippen MR) is 117 cm³/mol. The summed E-state index contributed by atoms with van der Waals surface area (Å²) in [5.41, 5.74) is 1.22. The highest BCUT2D eigenvalue weighted by Gasteiger charge is 2.24. The van der Waals surface area contributed by atoms with Crippen molar-refractivity contribution < 1.29 is 9.53 Å². The van der Waals surface area contributed by atoms with Gasteiger partial charge in [-0.3, -0.25) is 4.99 Å². The molecule has 0 saturated carbocycles. The number of benzene rings is 1. The van der Waals surface area contributed by atoms with Gasteiger partial charge in [0.15, 0.2) is 5.96 Å². The molecule has 0 bridgehead atoms. The van der Waals surface area contributed by atoms with E-state index >= 15 is 0 Å². The quantitative estimate of drug-likeness (QED) is 0.473. The second kappa shape index (κ2) is 10.1. The fourth-order valence-corrected chi connectivity index (χ4v) is 2.67. The number of ether oxygens (including phenoxy) is 1. The Morgan fingerprint density at radius 3 is 2.53 bits per heavy atom. The van der Waals surface area contributed by atoms with Gasteiger partial charge in [0.05, 0.1) is 12.1 Å². The number of guanidine groups is 1. The summed E-state index contributed by atoms with van der Waals surface area (Å²) in [5.74, 6) is 0.649. The molecule has 0 radical (unpaired) electrons. The first kappa shape index (κ1) is 23.2. The van der Waals surface area contributed by atoms with Crippen molar-refractivity contribution in [1.82, 2.24) is 30.7 Å². The zero-order chi connectivity index (χ0) is 22.2. The Hall–Kier alpha value is -3.10. The molecule has 0 atom stereocenters. The first-order chi connectivity index (χ1) is 14.1. The smallest absolute Gasteiger partial charge is 0.408 e. The Morgan fingerprint density at radius 2 is 1.90 bits per heavy atom. The number of hydrogen-bond donors (Lipinski definition) is 3. The van der Waals surface area contributed by atoms with Gasteiger partial charge in [-0.1, -0.05) is 24.3 Å². The lowest BCUT2D eigenvalue weighted by atomic mass is 10.1. The minimum atomic E-state index is -0.534.